The normalized spacial score (nSPS) is 11.3. The molecule has 18 heavy (non-hydrogen) atoms. The highest BCUT2D eigenvalue weighted by molar-refractivity contribution is 5.78. The maximum absolute atomic E-state index is 12.2. The third-order valence-corrected chi connectivity index (χ3v) is 2.98. The molecule has 4 nitrogen and oxygen atoms in total. The van der Waals surface area contributed by atoms with Gasteiger partial charge < -0.3 is 10.6 Å². The maximum atomic E-state index is 12.2. The van der Waals surface area contributed by atoms with E-state index in [1.165, 1.54) is 0 Å². The number of nitrogens with zero attached hydrogens (tertiary/aromatic N) is 2. The summed E-state index contributed by atoms with van der Waals surface area (Å²) in [5.41, 5.74) is 6.62. The largest absolute Gasteiger partial charge is 0.342 e. The summed E-state index contributed by atoms with van der Waals surface area (Å²) < 4.78 is 0. The van der Waals surface area contributed by atoms with Crippen LogP contribution in [0, 0.1) is 5.41 Å². The second kappa shape index (κ2) is 6.50. The molecule has 1 aromatic rings. The fourth-order valence-corrected chi connectivity index (χ4v) is 1.75. The number of hydrogen-bond acceptors (Lipinski definition) is 3. The van der Waals surface area contributed by atoms with Crippen molar-refractivity contribution in [3.63, 3.8) is 0 Å². The van der Waals surface area contributed by atoms with Gasteiger partial charge in [-0.2, -0.15) is 0 Å². The Morgan fingerprint density at radius 3 is 2.72 bits per heavy atom. The van der Waals surface area contributed by atoms with E-state index in [4.69, 9.17) is 5.73 Å². The van der Waals surface area contributed by atoms with E-state index in [9.17, 15) is 4.79 Å². The highest BCUT2D eigenvalue weighted by Crippen LogP contribution is 2.15. The van der Waals surface area contributed by atoms with E-state index >= 15 is 0 Å². The molecule has 0 aliphatic carbocycles. The Morgan fingerprint density at radius 1 is 1.50 bits per heavy atom. The Kier molecular flexibility index (Phi) is 5.28. The molecule has 0 unspecified atom stereocenters. The highest BCUT2D eigenvalue weighted by atomic mass is 16.2. The molecule has 0 saturated heterocycles. The fraction of sp³-hybridized carbons (Fsp3) is 0.571. The second-order valence-electron chi connectivity index (χ2n) is 5.31. The van der Waals surface area contributed by atoms with Crippen molar-refractivity contribution in [3.8, 4) is 0 Å². The van der Waals surface area contributed by atoms with Gasteiger partial charge in [0.1, 0.15) is 0 Å². The first kappa shape index (κ1) is 14.6. The van der Waals surface area contributed by atoms with Crippen LogP contribution in [0.1, 0.15) is 26.3 Å². The first-order valence-corrected chi connectivity index (χ1v) is 6.35. The standard InChI is InChI=1S/C14H23N3O/c1-4-17(11-14(2,3)10-15)13(18)8-12-6-5-7-16-9-12/h5-7,9H,4,8,10-11,15H2,1-3H3. The quantitative estimate of drug-likeness (QED) is 0.830. The Bertz CT molecular complexity index is 376. The summed E-state index contributed by atoms with van der Waals surface area (Å²) in [4.78, 5) is 18.1. The summed E-state index contributed by atoms with van der Waals surface area (Å²) in [5.74, 6) is 0.132. The Morgan fingerprint density at radius 2 is 2.22 bits per heavy atom. The smallest absolute Gasteiger partial charge is 0.227 e. The Hall–Kier alpha value is -1.42. The third kappa shape index (κ3) is 4.45. The number of likely N-dealkylation sites (N-methyl/N-ethyl adjacent to an activating group) is 1. The van der Waals surface area contributed by atoms with Crippen LogP contribution in [0.25, 0.3) is 0 Å². The zero-order valence-electron chi connectivity index (χ0n) is 11.5. The van der Waals surface area contributed by atoms with Crippen LogP contribution in [0.15, 0.2) is 24.5 Å². The Balaban J connectivity index is 2.63. The molecule has 0 atom stereocenters. The van der Waals surface area contributed by atoms with Gasteiger partial charge in [0.05, 0.1) is 6.42 Å². The number of carbonyl (C=O) groups excluding carboxylic acids is 1. The summed E-state index contributed by atoms with van der Waals surface area (Å²) in [6.45, 7) is 8.12. The molecule has 4 heteroatoms. The summed E-state index contributed by atoms with van der Waals surface area (Å²) in [5, 5.41) is 0. The summed E-state index contributed by atoms with van der Waals surface area (Å²) in [6, 6.07) is 3.77. The number of rotatable bonds is 6. The van der Waals surface area contributed by atoms with Crippen LogP contribution in [-0.4, -0.2) is 35.4 Å². The van der Waals surface area contributed by atoms with Gasteiger partial charge in [-0.15, -0.1) is 0 Å². The average Bonchev–Trinajstić information content (AvgIpc) is 2.37. The van der Waals surface area contributed by atoms with Crippen LogP contribution >= 0.6 is 0 Å². The van der Waals surface area contributed by atoms with E-state index in [0.29, 0.717) is 26.1 Å². The van der Waals surface area contributed by atoms with Crippen LogP contribution in [0.2, 0.25) is 0 Å². The van der Waals surface area contributed by atoms with Crippen molar-refractivity contribution in [3.05, 3.63) is 30.1 Å². The first-order valence-electron chi connectivity index (χ1n) is 6.35. The van der Waals surface area contributed by atoms with Crippen LogP contribution in [-0.2, 0) is 11.2 Å². The van der Waals surface area contributed by atoms with Crippen LogP contribution in [0.4, 0.5) is 0 Å². The molecule has 0 aliphatic rings. The van der Waals surface area contributed by atoms with Gasteiger partial charge in [0.25, 0.3) is 0 Å². The van der Waals surface area contributed by atoms with E-state index in [-0.39, 0.29) is 11.3 Å². The van der Waals surface area contributed by atoms with Gasteiger partial charge in [-0.25, -0.2) is 0 Å². The number of aromatic nitrogens is 1. The molecule has 1 aromatic heterocycles. The molecule has 0 aromatic carbocycles. The molecule has 1 heterocycles. The van der Waals surface area contributed by atoms with E-state index in [2.05, 4.69) is 18.8 Å². The lowest BCUT2D eigenvalue weighted by Gasteiger charge is -2.31. The van der Waals surface area contributed by atoms with Gasteiger partial charge >= 0.3 is 0 Å². The molecule has 1 amide bonds. The third-order valence-electron chi connectivity index (χ3n) is 2.98. The lowest BCUT2D eigenvalue weighted by Crippen LogP contribution is -2.42. The van der Waals surface area contributed by atoms with Crippen molar-refractivity contribution < 1.29 is 4.79 Å². The minimum absolute atomic E-state index is 0.0411. The van der Waals surface area contributed by atoms with E-state index in [1.54, 1.807) is 12.4 Å². The van der Waals surface area contributed by atoms with Gasteiger partial charge in [-0.3, -0.25) is 9.78 Å². The summed E-state index contributed by atoms with van der Waals surface area (Å²) in [7, 11) is 0. The fourth-order valence-electron chi connectivity index (χ4n) is 1.75. The molecular weight excluding hydrogens is 226 g/mol. The monoisotopic (exact) mass is 249 g/mol. The zero-order chi connectivity index (χ0) is 13.6. The maximum Gasteiger partial charge on any atom is 0.227 e. The lowest BCUT2D eigenvalue weighted by molar-refractivity contribution is -0.131. The Labute approximate surface area is 109 Å². The summed E-state index contributed by atoms with van der Waals surface area (Å²) in [6.07, 6.45) is 3.85. The number of amides is 1. The van der Waals surface area contributed by atoms with Crippen molar-refractivity contribution in [1.82, 2.24) is 9.88 Å². The van der Waals surface area contributed by atoms with Gasteiger partial charge in [-0.1, -0.05) is 19.9 Å². The predicted molar refractivity (Wildman–Crippen MR) is 73.0 cm³/mol. The molecular formula is C14H23N3O. The number of nitrogens with two attached hydrogens (primary N) is 1. The van der Waals surface area contributed by atoms with E-state index in [0.717, 1.165) is 5.56 Å². The molecule has 0 saturated carbocycles. The van der Waals surface area contributed by atoms with Crippen molar-refractivity contribution in [2.24, 2.45) is 11.1 Å². The van der Waals surface area contributed by atoms with Gasteiger partial charge in [0, 0.05) is 25.5 Å². The summed E-state index contributed by atoms with van der Waals surface area (Å²) >= 11 is 0. The molecule has 0 aliphatic heterocycles. The van der Waals surface area contributed by atoms with Gasteiger partial charge in [0.2, 0.25) is 5.91 Å². The average molecular weight is 249 g/mol. The SMILES string of the molecule is CCN(CC(C)(C)CN)C(=O)Cc1cccnc1. The minimum Gasteiger partial charge on any atom is -0.342 e. The number of carbonyl (C=O) groups is 1. The highest BCUT2D eigenvalue weighted by Gasteiger charge is 2.22. The van der Waals surface area contributed by atoms with Crippen molar-refractivity contribution >= 4 is 5.91 Å². The molecule has 0 bridgehead atoms. The lowest BCUT2D eigenvalue weighted by atomic mass is 9.93. The molecule has 100 valence electrons. The number of pyridine rings is 1. The predicted octanol–water partition coefficient (Wildman–Crippen LogP) is 1.46. The molecule has 1 rings (SSSR count). The van der Waals surface area contributed by atoms with Crippen LogP contribution in [0.5, 0.6) is 0 Å². The first-order chi connectivity index (χ1) is 8.48. The van der Waals surface area contributed by atoms with Crippen molar-refractivity contribution in [2.75, 3.05) is 19.6 Å². The van der Waals surface area contributed by atoms with Gasteiger partial charge in [-0.05, 0) is 30.5 Å². The van der Waals surface area contributed by atoms with Crippen molar-refractivity contribution in [2.45, 2.75) is 27.2 Å². The molecule has 0 spiro atoms. The number of hydrogen-bond donors (Lipinski definition) is 1. The second-order valence-corrected chi connectivity index (χ2v) is 5.31. The molecule has 0 radical (unpaired) electrons. The minimum atomic E-state index is -0.0411. The molecule has 2 N–H and O–H groups in total. The van der Waals surface area contributed by atoms with E-state index in [1.807, 2.05) is 24.0 Å². The van der Waals surface area contributed by atoms with Gasteiger partial charge in [0.15, 0.2) is 0 Å². The van der Waals surface area contributed by atoms with Crippen LogP contribution in [0.3, 0.4) is 0 Å². The topological polar surface area (TPSA) is 59.2 Å². The zero-order valence-corrected chi connectivity index (χ0v) is 11.5. The van der Waals surface area contributed by atoms with Crippen molar-refractivity contribution in [1.29, 1.82) is 0 Å². The molecule has 0 fully saturated rings. The van der Waals surface area contributed by atoms with E-state index < -0.39 is 0 Å². The van der Waals surface area contributed by atoms with Crippen LogP contribution < -0.4 is 5.73 Å².